The van der Waals surface area contributed by atoms with E-state index in [0.717, 1.165) is 30.5 Å². The normalized spacial score (nSPS) is 16.8. The highest BCUT2D eigenvalue weighted by Gasteiger charge is 2.15. The van der Waals surface area contributed by atoms with E-state index in [1.807, 2.05) is 19.1 Å². The van der Waals surface area contributed by atoms with Crippen LogP contribution in [0.2, 0.25) is 0 Å². The molecule has 2 N–H and O–H groups in total. The van der Waals surface area contributed by atoms with Crippen LogP contribution in [0.25, 0.3) is 11.0 Å². The molecule has 1 amide bonds. The van der Waals surface area contributed by atoms with Crippen LogP contribution in [0.3, 0.4) is 0 Å². The average Bonchev–Trinajstić information content (AvgIpc) is 3.14. The van der Waals surface area contributed by atoms with Gasteiger partial charge in [-0.2, -0.15) is 0 Å². The van der Waals surface area contributed by atoms with Gasteiger partial charge < -0.3 is 19.8 Å². The van der Waals surface area contributed by atoms with Crippen LogP contribution in [-0.2, 0) is 11.2 Å². The Bertz CT molecular complexity index is 838. The van der Waals surface area contributed by atoms with Crippen LogP contribution >= 0.6 is 0 Å². The lowest BCUT2D eigenvalue weighted by Gasteiger charge is -2.10. The Hall–Kier alpha value is -2.34. The van der Waals surface area contributed by atoms with Gasteiger partial charge in [-0.05, 0) is 62.9 Å². The molecule has 3 rings (SSSR count). The first-order valence-electron chi connectivity index (χ1n) is 9.16. The van der Waals surface area contributed by atoms with Crippen molar-refractivity contribution in [2.75, 3.05) is 26.7 Å². The molecule has 2 aromatic rings. The first-order chi connectivity index (χ1) is 12.6. The van der Waals surface area contributed by atoms with E-state index in [-0.39, 0.29) is 18.0 Å². The maximum atomic E-state index is 12.3. The molecule has 1 aromatic carbocycles. The second kappa shape index (κ2) is 8.36. The van der Waals surface area contributed by atoms with Crippen LogP contribution < -0.4 is 21.0 Å². The third-order valence-corrected chi connectivity index (χ3v) is 5.13. The first kappa shape index (κ1) is 18.5. The summed E-state index contributed by atoms with van der Waals surface area (Å²) in [5, 5.41) is 7.15. The molecule has 2 heterocycles. The molecule has 0 aliphatic carbocycles. The van der Waals surface area contributed by atoms with Gasteiger partial charge in [0.15, 0.2) is 0 Å². The summed E-state index contributed by atoms with van der Waals surface area (Å²) in [6.07, 6.45) is 2.85. The summed E-state index contributed by atoms with van der Waals surface area (Å²) in [5.74, 6) is 1.27. The molecule has 1 saturated heterocycles. The minimum absolute atomic E-state index is 0.0235. The smallest absolute Gasteiger partial charge is 0.339 e. The second-order valence-electron chi connectivity index (χ2n) is 6.85. The molecular weight excluding hydrogens is 332 g/mol. The number of benzene rings is 1. The van der Waals surface area contributed by atoms with E-state index in [2.05, 4.69) is 10.6 Å². The van der Waals surface area contributed by atoms with Crippen molar-refractivity contribution in [3.63, 3.8) is 0 Å². The summed E-state index contributed by atoms with van der Waals surface area (Å²) in [5.41, 5.74) is 1.56. The lowest BCUT2D eigenvalue weighted by molar-refractivity contribution is -0.121. The molecule has 140 valence electrons. The van der Waals surface area contributed by atoms with Gasteiger partial charge in [0.25, 0.3) is 0 Å². The number of hydrogen-bond acceptors (Lipinski definition) is 5. The van der Waals surface area contributed by atoms with Crippen molar-refractivity contribution < 1.29 is 13.9 Å². The van der Waals surface area contributed by atoms with Crippen LogP contribution in [0.1, 0.15) is 30.4 Å². The van der Waals surface area contributed by atoms with Gasteiger partial charge in [-0.25, -0.2) is 4.79 Å². The van der Waals surface area contributed by atoms with E-state index in [4.69, 9.17) is 9.15 Å². The Morgan fingerprint density at radius 1 is 1.42 bits per heavy atom. The molecule has 1 atom stereocenters. The summed E-state index contributed by atoms with van der Waals surface area (Å²) in [4.78, 5) is 24.4. The molecule has 0 spiro atoms. The summed E-state index contributed by atoms with van der Waals surface area (Å²) >= 11 is 0. The van der Waals surface area contributed by atoms with E-state index >= 15 is 0 Å². The molecule has 0 bridgehead atoms. The third kappa shape index (κ3) is 4.25. The molecule has 0 saturated carbocycles. The number of rotatable bonds is 7. The van der Waals surface area contributed by atoms with Crippen LogP contribution in [0, 0.1) is 12.8 Å². The van der Waals surface area contributed by atoms with Crippen LogP contribution in [0.4, 0.5) is 0 Å². The largest absolute Gasteiger partial charge is 0.497 e. The summed E-state index contributed by atoms with van der Waals surface area (Å²) in [6, 6.07) is 5.42. The molecule has 1 aromatic heterocycles. The zero-order chi connectivity index (χ0) is 18.5. The highest BCUT2D eigenvalue weighted by atomic mass is 16.5. The zero-order valence-corrected chi connectivity index (χ0v) is 15.4. The number of hydrogen-bond donors (Lipinski definition) is 2. The zero-order valence-electron chi connectivity index (χ0n) is 15.4. The van der Waals surface area contributed by atoms with Gasteiger partial charge in [-0.1, -0.05) is 0 Å². The maximum absolute atomic E-state index is 12.3. The van der Waals surface area contributed by atoms with Gasteiger partial charge in [-0.15, -0.1) is 0 Å². The average molecular weight is 358 g/mol. The number of carbonyl (C=O) groups is 1. The fourth-order valence-electron chi connectivity index (χ4n) is 3.49. The quantitative estimate of drug-likeness (QED) is 0.742. The van der Waals surface area contributed by atoms with Crippen molar-refractivity contribution in [2.24, 2.45) is 5.92 Å². The third-order valence-electron chi connectivity index (χ3n) is 5.13. The molecule has 1 aliphatic heterocycles. The molecule has 6 heteroatoms. The Morgan fingerprint density at radius 3 is 3.00 bits per heavy atom. The number of ether oxygens (including phenoxy) is 1. The van der Waals surface area contributed by atoms with E-state index in [1.54, 1.807) is 13.2 Å². The molecular formula is C20H26N2O4. The van der Waals surface area contributed by atoms with Crippen LogP contribution in [-0.4, -0.2) is 32.7 Å². The number of carbonyl (C=O) groups excluding carboxylic acids is 1. The van der Waals surface area contributed by atoms with E-state index in [1.165, 1.54) is 6.42 Å². The number of aryl methyl sites for hydroxylation is 1. The van der Waals surface area contributed by atoms with Gasteiger partial charge in [0.2, 0.25) is 5.91 Å². The molecule has 1 unspecified atom stereocenters. The van der Waals surface area contributed by atoms with Crippen molar-refractivity contribution in [1.29, 1.82) is 0 Å². The van der Waals surface area contributed by atoms with Crippen molar-refractivity contribution in [3.8, 4) is 5.75 Å². The summed E-state index contributed by atoms with van der Waals surface area (Å²) in [6.45, 7) is 4.70. The number of fused-ring (bicyclic) bond motifs is 1. The molecule has 1 aliphatic rings. The maximum Gasteiger partial charge on any atom is 0.339 e. The van der Waals surface area contributed by atoms with E-state index in [0.29, 0.717) is 35.8 Å². The number of amides is 1. The molecule has 1 fully saturated rings. The topological polar surface area (TPSA) is 80.6 Å². The summed E-state index contributed by atoms with van der Waals surface area (Å²) < 4.78 is 10.6. The fourth-order valence-corrected chi connectivity index (χ4v) is 3.49. The first-order valence-corrected chi connectivity index (χ1v) is 9.16. The van der Waals surface area contributed by atoms with Gasteiger partial charge in [0.1, 0.15) is 11.3 Å². The molecule has 6 nitrogen and oxygen atoms in total. The molecule has 26 heavy (non-hydrogen) atoms. The SMILES string of the molecule is COc1ccc2c(C)c(CCC(=O)NCCC3CCNC3)c(=O)oc2c1. The van der Waals surface area contributed by atoms with Crippen molar-refractivity contribution in [3.05, 3.63) is 39.7 Å². The Labute approximate surface area is 152 Å². The van der Waals surface area contributed by atoms with Crippen molar-refractivity contribution >= 4 is 16.9 Å². The standard InChI is InChI=1S/C20H26N2O4/c1-13-16-4-3-15(25-2)11-18(16)26-20(24)17(13)5-6-19(23)22-10-8-14-7-9-21-12-14/h3-4,11,14,21H,5-10,12H2,1-2H3,(H,22,23). The minimum Gasteiger partial charge on any atom is -0.497 e. The Kier molecular flexibility index (Phi) is 5.93. The van der Waals surface area contributed by atoms with Gasteiger partial charge >= 0.3 is 5.63 Å². The predicted molar refractivity (Wildman–Crippen MR) is 101 cm³/mol. The number of nitrogens with one attached hydrogen (secondary N) is 2. The number of methoxy groups -OCH3 is 1. The summed E-state index contributed by atoms with van der Waals surface area (Å²) in [7, 11) is 1.57. The lowest BCUT2D eigenvalue weighted by atomic mass is 10.0. The second-order valence-corrected chi connectivity index (χ2v) is 6.85. The van der Waals surface area contributed by atoms with Crippen LogP contribution in [0.5, 0.6) is 5.75 Å². The monoisotopic (exact) mass is 358 g/mol. The predicted octanol–water partition coefficient (Wildman–Crippen LogP) is 2.16. The highest BCUT2D eigenvalue weighted by molar-refractivity contribution is 5.82. The minimum atomic E-state index is -0.381. The van der Waals surface area contributed by atoms with Crippen molar-refractivity contribution in [1.82, 2.24) is 10.6 Å². The van der Waals surface area contributed by atoms with Crippen molar-refractivity contribution in [2.45, 2.75) is 32.6 Å². The Balaban J connectivity index is 1.61. The van der Waals surface area contributed by atoms with Crippen LogP contribution in [0.15, 0.2) is 27.4 Å². The highest BCUT2D eigenvalue weighted by Crippen LogP contribution is 2.24. The van der Waals surface area contributed by atoms with Gasteiger partial charge in [0, 0.05) is 30.0 Å². The fraction of sp³-hybridized carbons (Fsp3) is 0.500. The van der Waals surface area contributed by atoms with E-state index in [9.17, 15) is 9.59 Å². The Morgan fingerprint density at radius 2 is 2.27 bits per heavy atom. The van der Waals surface area contributed by atoms with Gasteiger partial charge in [-0.3, -0.25) is 4.79 Å². The van der Waals surface area contributed by atoms with Gasteiger partial charge in [0.05, 0.1) is 7.11 Å². The van der Waals surface area contributed by atoms with E-state index < -0.39 is 0 Å². The molecule has 0 radical (unpaired) electrons. The lowest BCUT2D eigenvalue weighted by Crippen LogP contribution is -2.27.